The van der Waals surface area contributed by atoms with Gasteiger partial charge in [0.2, 0.25) is 0 Å². The lowest BCUT2D eigenvalue weighted by Crippen LogP contribution is -2.36. The number of aliphatic imine (C=N–C) groups is 1. The Bertz CT molecular complexity index is 433. The van der Waals surface area contributed by atoms with Crippen molar-refractivity contribution < 1.29 is 0 Å². The molecule has 1 aliphatic rings. The first kappa shape index (κ1) is 15.8. The molecule has 1 heterocycles. The third-order valence-electron chi connectivity index (χ3n) is 3.91. The summed E-state index contributed by atoms with van der Waals surface area (Å²) in [6, 6.07) is 8.93. The first-order chi connectivity index (χ1) is 10.3. The number of guanidine groups is 1. The molecule has 1 aliphatic heterocycles. The Kier molecular flexibility index (Phi) is 6.54. The molecule has 21 heavy (non-hydrogen) atoms. The number of nitrogens with zero attached hydrogens (tertiary/aromatic N) is 2. The molecule has 1 fully saturated rings. The minimum atomic E-state index is 0.809. The van der Waals surface area contributed by atoms with E-state index in [4.69, 9.17) is 0 Å². The first-order valence-corrected chi connectivity index (χ1v) is 8.06. The van der Waals surface area contributed by atoms with Crippen LogP contribution >= 0.6 is 0 Å². The first-order valence-electron chi connectivity index (χ1n) is 8.06. The summed E-state index contributed by atoms with van der Waals surface area (Å²) in [5.41, 5.74) is 2.70. The number of rotatable bonds is 5. The monoisotopic (exact) mass is 288 g/mol. The third-order valence-corrected chi connectivity index (χ3v) is 3.91. The van der Waals surface area contributed by atoms with E-state index in [-0.39, 0.29) is 0 Å². The maximum atomic E-state index is 4.18. The number of nitrogens with one attached hydrogen (secondary N) is 2. The fraction of sp³-hybridized carbons (Fsp3) is 0.588. The summed E-state index contributed by atoms with van der Waals surface area (Å²) in [5, 5.41) is 6.52. The number of benzene rings is 1. The number of piperidine rings is 1. The second kappa shape index (κ2) is 8.67. The highest BCUT2D eigenvalue weighted by molar-refractivity contribution is 5.79. The molecule has 2 rings (SSSR count). The van der Waals surface area contributed by atoms with E-state index in [1.165, 1.54) is 43.5 Å². The van der Waals surface area contributed by atoms with Gasteiger partial charge >= 0.3 is 0 Å². The second-order valence-electron chi connectivity index (χ2n) is 5.61. The van der Waals surface area contributed by atoms with Crippen LogP contribution in [0.4, 0.5) is 0 Å². The van der Waals surface area contributed by atoms with Crippen molar-refractivity contribution in [1.82, 2.24) is 15.5 Å². The Balaban J connectivity index is 1.81. The summed E-state index contributed by atoms with van der Waals surface area (Å²) >= 11 is 0. The highest BCUT2D eigenvalue weighted by Crippen LogP contribution is 2.13. The zero-order chi connectivity index (χ0) is 14.9. The summed E-state index contributed by atoms with van der Waals surface area (Å²) in [4.78, 5) is 6.73. The highest BCUT2D eigenvalue weighted by atomic mass is 15.2. The van der Waals surface area contributed by atoms with Crippen LogP contribution in [0, 0.1) is 0 Å². The third kappa shape index (κ3) is 5.38. The normalized spacial score (nSPS) is 16.8. The summed E-state index contributed by atoms with van der Waals surface area (Å²) in [5.74, 6) is 0.856. The van der Waals surface area contributed by atoms with Gasteiger partial charge in [-0.25, -0.2) is 0 Å². The standard InChI is InChI=1S/C17H28N4/c1-3-19-17(18-2)20-13-15-7-9-16(10-8-15)14-21-11-5-4-6-12-21/h7-10H,3-6,11-14H2,1-2H3,(H2,18,19,20). The van der Waals surface area contributed by atoms with Gasteiger partial charge in [-0.3, -0.25) is 9.89 Å². The molecule has 4 nitrogen and oxygen atoms in total. The van der Waals surface area contributed by atoms with Crippen LogP contribution in [-0.2, 0) is 13.1 Å². The quantitative estimate of drug-likeness (QED) is 0.645. The molecule has 0 unspecified atom stereocenters. The fourth-order valence-electron chi connectivity index (χ4n) is 2.71. The molecule has 0 atom stereocenters. The van der Waals surface area contributed by atoms with E-state index >= 15 is 0 Å². The van der Waals surface area contributed by atoms with Crippen molar-refractivity contribution in [1.29, 1.82) is 0 Å². The molecule has 0 bridgehead atoms. The van der Waals surface area contributed by atoms with Gasteiger partial charge < -0.3 is 10.6 Å². The van der Waals surface area contributed by atoms with Crippen LogP contribution in [-0.4, -0.2) is 37.5 Å². The lowest BCUT2D eigenvalue weighted by atomic mass is 10.1. The molecule has 0 saturated carbocycles. The smallest absolute Gasteiger partial charge is 0.191 e. The molecule has 1 aromatic carbocycles. The fourth-order valence-corrected chi connectivity index (χ4v) is 2.71. The van der Waals surface area contributed by atoms with Crippen molar-refractivity contribution in [3.63, 3.8) is 0 Å². The molecule has 2 N–H and O–H groups in total. The zero-order valence-electron chi connectivity index (χ0n) is 13.4. The molecule has 1 aromatic rings. The van der Waals surface area contributed by atoms with Crippen molar-refractivity contribution in [3.8, 4) is 0 Å². The maximum absolute atomic E-state index is 4.18. The van der Waals surface area contributed by atoms with E-state index < -0.39 is 0 Å². The Morgan fingerprint density at radius 1 is 1.05 bits per heavy atom. The Hall–Kier alpha value is -1.55. The lowest BCUT2D eigenvalue weighted by molar-refractivity contribution is 0.221. The Morgan fingerprint density at radius 2 is 1.71 bits per heavy atom. The Morgan fingerprint density at radius 3 is 2.33 bits per heavy atom. The van der Waals surface area contributed by atoms with Crippen LogP contribution in [0.5, 0.6) is 0 Å². The molecule has 0 radical (unpaired) electrons. The van der Waals surface area contributed by atoms with E-state index in [1.54, 1.807) is 7.05 Å². The molecule has 1 saturated heterocycles. The Labute approximate surface area is 128 Å². The summed E-state index contributed by atoms with van der Waals surface area (Å²) < 4.78 is 0. The SMILES string of the molecule is CCNC(=NC)NCc1ccc(CN2CCCCC2)cc1. The van der Waals surface area contributed by atoms with E-state index in [1.807, 2.05) is 0 Å². The maximum Gasteiger partial charge on any atom is 0.191 e. The average Bonchev–Trinajstić information content (AvgIpc) is 2.54. The molecular weight excluding hydrogens is 260 g/mol. The van der Waals surface area contributed by atoms with Crippen LogP contribution in [0.2, 0.25) is 0 Å². The number of hydrogen-bond acceptors (Lipinski definition) is 2. The summed E-state index contributed by atoms with van der Waals surface area (Å²) in [6.45, 7) is 7.36. The van der Waals surface area contributed by atoms with Gasteiger partial charge in [0.25, 0.3) is 0 Å². The van der Waals surface area contributed by atoms with Gasteiger partial charge in [-0.1, -0.05) is 30.7 Å². The minimum absolute atomic E-state index is 0.809. The zero-order valence-corrected chi connectivity index (χ0v) is 13.4. The molecule has 0 amide bonds. The van der Waals surface area contributed by atoms with Crippen molar-refractivity contribution in [2.75, 3.05) is 26.7 Å². The van der Waals surface area contributed by atoms with Gasteiger partial charge in [-0.2, -0.15) is 0 Å². The van der Waals surface area contributed by atoms with Gasteiger partial charge in [0, 0.05) is 26.7 Å². The van der Waals surface area contributed by atoms with Crippen molar-refractivity contribution in [2.45, 2.75) is 39.3 Å². The summed E-state index contributed by atoms with van der Waals surface area (Å²) in [7, 11) is 1.80. The van der Waals surface area contributed by atoms with Gasteiger partial charge in [0.05, 0.1) is 0 Å². The molecular formula is C17H28N4. The topological polar surface area (TPSA) is 39.7 Å². The predicted octanol–water partition coefficient (Wildman–Crippen LogP) is 2.36. The predicted molar refractivity (Wildman–Crippen MR) is 89.4 cm³/mol. The highest BCUT2D eigenvalue weighted by Gasteiger charge is 2.10. The van der Waals surface area contributed by atoms with Crippen molar-refractivity contribution in [2.24, 2.45) is 4.99 Å². The van der Waals surface area contributed by atoms with E-state index in [0.717, 1.165) is 25.6 Å². The molecule has 0 aliphatic carbocycles. The van der Waals surface area contributed by atoms with Crippen LogP contribution in [0.1, 0.15) is 37.3 Å². The van der Waals surface area contributed by atoms with Crippen LogP contribution in [0.15, 0.2) is 29.3 Å². The molecule has 0 aromatic heterocycles. The van der Waals surface area contributed by atoms with Gasteiger partial charge in [-0.15, -0.1) is 0 Å². The largest absolute Gasteiger partial charge is 0.357 e. The molecule has 116 valence electrons. The second-order valence-corrected chi connectivity index (χ2v) is 5.61. The number of hydrogen-bond donors (Lipinski definition) is 2. The van der Waals surface area contributed by atoms with Gasteiger partial charge in [0.15, 0.2) is 5.96 Å². The average molecular weight is 288 g/mol. The van der Waals surface area contributed by atoms with Crippen LogP contribution < -0.4 is 10.6 Å². The van der Waals surface area contributed by atoms with Gasteiger partial charge in [-0.05, 0) is 44.0 Å². The van der Waals surface area contributed by atoms with Crippen LogP contribution in [0.25, 0.3) is 0 Å². The minimum Gasteiger partial charge on any atom is -0.357 e. The molecule has 0 spiro atoms. The molecule has 4 heteroatoms. The van der Waals surface area contributed by atoms with E-state index in [9.17, 15) is 0 Å². The van der Waals surface area contributed by atoms with Crippen LogP contribution in [0.3, 0.4) is 0 Å². The lowest BCUT2D eigenvalue weighted by Gasteiger charge is -2.26. The van der Waals surface area contributed by atoms with Gasteiger partial charge in [0.1, 0.15) is 0 Å². The van der Waals surface area contributed by atoms with Crippen molar-refractivity contribution >= 4 is 5.96 Å². The van der Waals surface area contributed by atoms with E-state index in [2.05, 4.69) is 51.7 Å². The number of likely N-dealkylation sites (tertiary alicyclic amines) is 1. The summed E-state index contributed by atoms with van der Waals surface area (Å²) in [6.07, 6.45) is 4.10. The van der Waals surface area contributed by atoms with E-state index in [0.29, 0.717) is 0 Å². The van der Waals surface area contributed by atoms with Crippen molar-refractivity contribution in [3.05, 3.63) is 35.4 Å².